The van der Waals surface area contributed by atoms with Crippen LogP contribution in [-0.4, -0.2) is 119 Å². The molecule has 10 N–H and O–H groups in total. The van der Waals surface area contributed by atoms with E-state index in [0.717, 1.165) is 18.2 Å². The molecule has 16 nitrogen and oxygen atoms in total. The van der Waals surface area contributed by atoms with E-state index in [1.54, 1.807) is 0 Å². The van der Waals surface area contributed by atoms with Gasteiger partial charge in [0, 0.05) is 17.7 Å². The number of phenolic OH excluding ortho intramolecular Hbond substituents is 3. The number of ether oxygens (including phenoxy) is 4. The Morgan fingerprint density at radius 3 is 2.07 bits per heavy atom. The highest BCUT2D eigenvalue weighted by atomic mass is 16.7. The number of benzene rings is 2. The van der Waals surface area contributed by atoms with E-state index in [-0.39, 0.29) is 16.9 Å². The maximum absolute atomic E-state index is 13.6. The van der Waals surface area contributed by atoms with Crippen LogP contribution in [-0.2, 0) is 9.47 Å². The lowest BCUT2D eigenvalue weighted by molar-refractivity contribution is -0.277. The van der Waals surface area contributed by atoms with Crippen molar-refractivity contribution >= 4 is 11.0 Å². The fourth-order valence-corrected chi connectivity index (χ4v) is 4.84. The van der Waals surface area contributed by atoms with Gasteiger partial charge in [0.2, 0.25) is 23.8 Å². The first-order valence-corrected chi connectivity index (χ1v) is 13.0. The monoisotopic (exact) mass is 610 g/mol. The first kappa shape index (κ1) is 30.7. The third-order valence-corrected chi connectivity index (χ3v) is 7.27. The number of aromatic hydroxyl groups is 3. The van der Waals surface area contributed by atoms with Gasteiger partial charge in [-0.15, -0.1) is 0 Å². The predicted octanol–water partition coefficient (Wildman–Crippen LogP) is -2.04. The number of fused-ring (bicyclic) bond motifs is 1. The lowest BCUT2D eigenvalue weighted by Gasteiger charge is -2.39. The Balaban J connectivity index is 1.56. The lowest BCUT2D eigenvalue weighted by Crippen LogP contribution is -2.60. The van der Waals surface area contributed by atoms with E-state index in [2.05, 4.69) is 0 Å². The quantitative estimate of drug-likeness (QED) is 0.144. The van der Waals surface area contributed by atoms with Gasteiger partial charge in [-0.1, -0.05) is 0 Å². The molecular formula is C27H30O16. The van der Waals surface area contributed by atoms with Crippen LogP contribution >= 0.6 is 0 Å². The van der Waals surface area contributed by atoms with E-state index in [0.29, 0.717) is 0 Å². The highest BCUT2D eigenvalue weighted by Crippen LogP contribution is 2.40. The molecule has 2 aliphatic rings. The van der Waals surface area contributed by atoms with Crippen molar-refractivity contribution in [2.75, 3.05) is 6.61 Å². The molecule has 0 spiro atoms. The molecule has 10 atom stereocenters. The van der Waals surface area contributed by atoms with Crippen molar-refractivity contribution in [3.63, 3.8) is 0 Å². The number of phenols is 3. The molecule has 0 aliphatic carbocycles. The van der Waals surface area contributed by atoms with Gasteiger partial charge in [0.25, 0.3) is 0 Å². The Hall–Kier alpha value is -3.71. The topological polar surface area (TPSA) is 269 Å². The van der Waals surface area contributed by atoms with Crippen LogP contribution in [0.1, 0.15) is 6.92 Å². The summed E-state index contributed by atoms with van der Waals surface area (Å²) in [4.78, 5) is 13.6. The summed E-state index contributed by atoms with van der Waals surface area (Å²) in [5.74, 6) is -3.08. The van der Waals surface area contributed by atoms with Crippen LogP contribution in [0.4, 0.5) is 0 Å². The zero-order chi connectivity index (χ0) is 31.3. The van der Waals surface area contributed by atoms with Crippen LogP contribution in [0.3, 0.4) is 0 Å². The number of hydrogen-bond donors (Lipinski definition) is 10. The van der Waals surface area contributed by atoms with Crippen molar-refractivity contribution in [2.24, 2.45) is 0 Å². The van der Waals surface area contributed by atoms with E-state index in [4.69, 9.17) is 23.4 Å². The summed E-state index contributed by atoms with van der Waals surface area (Å²) in [5.41, 5.74) is -1.38. The standard InChI is InChI=1S/C27H30O16/c1-8-17(32)20(35)22(37)26(39-8)41-13-3-2-9(4-11(13)30)24-25(19(34)16-12(31)5-10(29)6-14(16)40-24)43-27-23(38)21(36)18(33)15(7-28)42-27/h2-6,8,15,17-18,20-23,26-33,35-38H,7H2,1H3/t8-,15-,17-,18-,20+,21-,22+,23-,26+,27+/m1/s1. The molecule has 0 saturated carbocycles. The van der Waals surface area contributed by atoms with E-state index < -0.39 is 108 Å². The Morgan fingerprint density at radius 1 is 0.767 bits per heavy atom. The molecule has 1 aromatic heterocycles. The molecule has 0 bridgehead atoms. The molecule has 0 unspecified atom stereocenters. The van der Waals surface area contributed by atoms with Crippen LogP contribution in [0, 0.1) is 0 Å². The van der Waals surface area contributed by atoms with Crippen LogP contribution in [0.25, 0.3) is 22.3 Å². The van der Waals surface area contributed by atoms with Crippen molar-refractivity contribution < 1.29 is 74.4 Å². The van der Waals surface area contributed by atoms with E-state index >= 15 is 0 Å². The van der Waals surface area contributed by atoms with Crippen molar-refractivity contribution in [3.05, 3.63) is 40.6 Å². The SMILES string of the molecule is C[C@H]1O[C@@H](Oc2ccc(-c3oc4cc(O)cc(O)c4c(=O)c3O[C@@H]3O[C@H](CO)[C@@H](O)[C@@H](O)[C@H]3O)cc2O)[C@@H](O)[C@@H](O)[C@@H]1O. The molecule has 16 heteroatoms. The normalized spacial score (nSPS) is 32.9. The molecule has 3 aromatic rings. The Morgan fingerprint density at radius 2 is 1.42 bits per heavy atom. The van der Waals surface area contributed by atoms with Gasteiger partial charge in [0.15, 0.2) is 17.3 Å². The third-order valence-electron chi connectivity index (χ3n) is 7.27. The highest BCUT2D eigenvalue weighted by Gasteiger charge is 2.46. The molecule has 43 heavy (non-hydrogen) atoms. The smallest absolute Gasteiger partial charge is 0.239 e. The minimum atomic E-state index is -1.92. The molecule has 0 amide bonds. The van der Waals surface area contributed by atoms with E-state index in [9.17, 15) is 55.9 Å². The van der Waals surface area contributed by atoms with Crippen LogP contribution in [0.2, 0.25) is 0 Å². The minimum Gasteiger partial charge on any atom is -0.508 e. The van der Waals surface area contributed by atoms with Crippen LogP contribution in [0.15, 0.2) is 39.5 Å². The maximum Gasteiger partial charge on any atom is 0.239 e. The predicted molar refractivity (Wildman–Crippen MR) is 140 cm³/mol. The van der Waals surface area contributed by atoms with Gasteiger partial charge >= 0.3 is 0 Å². The minimum absolute atomic E-state index is 0.0554. The van der Waals surface area contributed by atoms with Crippen molar-refractivity contribution in [2.45, 2.75) is 68.3 Å². The summed E-state index contributed by atoms with van der Waals surface area (Å²) in [7, 11) is 0. The largest absolute Gasteiger partial charge is 0.508 e. The fraction of sp³-hybridized carbons (Fsp3) is 0.444. The van der Waals surface area contributed by atoms with Gasteiger partial charge in [0.05, 0.1) is 12.7 Å². The number of hydrogen-bond acceptors (Lipinski definition) is 16. The second-order valence-electron chi connectivity index (χ2n) is 10.2. The first-order chi connectivity index (χ1) is 20.3. The third kappa shape index (κ3) is 5.55. The van der Waals surface area contributed by atoms with Gasteiger partial charge in [0.1, 0.15) is 65.2 Å². The van der Waals surface area contributed by atoms with Crippen LogP contribution < -0.4 is 14.9 Å². The van der Waals surface area contributed by atoms with Crippen molar-refractivity contribution in [1.29, 1.82) is 0 Å². The van der Waals surface area contributed by atoms with Gasteiger partial charge in [-0.05, 0) is 25.1 Å². The molecule has 2 fully saturated rings. The Kier molecular flexibility index (Phi) is 8.41. The molecular weight excluding hydrogens is 580 g/mol. The molecule has 2 aliphatic heterocycles. The first-order valence-electron chi connectivity index (χ1n) is 13.0. The zero-order valence-electron chi connectivity index (χ0n) is 22.3. The van der Waals surface area contributed by atoms with E-state index in [1.807, 2.05) is 0 Å². The summed E-state index contributed by atoms with van der Waals surface area (Å²) in [6.07, 6.45) is -15.8. The zero-order valence-corrected chi connectivity index (χ0v) is 22.3. The Labute approximate surface area is 241 Å². The average Bonchev–Trinajstić information content (AvgIpc) is 2.96. The Bertz CT molecular complexity index is 1540. The molecule has 5 rings (SSSR count). The highest BCUT2D eigenvalue weighted by molar-refractivity contribution is 5.88. The maximum atomic E-state index is 13.6. The molecule has 2 aromatic carbocycles. The summed E-state index contributed by atoms with van der Waals surface area (Å²) in [5, 5.41) is 101. The molecule has 0 radical (unpaired) electrons. The summed E-state index contributed by atoms with van der Waals surface area (Å²) < 4.78 is 27.6. The van der Waals surface area contributed by atoms with E-state index in [1.165, 1.54) is 19.1 Å². The fourth-order valence-electron chi connectivity index (χ4n) is 4.84. The van der Waals surface area contributed by atoms with Crippen molar-refractivity contribution in [3.8, 4) is 40.1 Å². The molecule has 2 saturated heterocycles. The summed E-state index contributed by atoms with van der Waals surface area (Å²) in [6, 6.07) is 5.40. The second kappa shape index (κ2) is 11.8. The summed E-state index contributed by atoms with van der Waals surface area (Å²) >= 11 is 0. The molecule has 234 valence electrons. The van der Waals surface area contributed by atoms with Gasteiger partial charge in [-0.2, -0.15) is 0 Å². The van der Waals surface area contributed by atoms with Gasteiger partial charge < -0.3 is 74.4 Å². The molecule has 3 heterocycles. The van der Waals surface area contributed by atoms with Crippen LogP contribution in [0.5, 0.6) is 28.7 Å². The van der Waals surface area contributed by atoms with Crippen molar-refractivity contribution in [1.82, 2.24) is 0 Å². The van der Waals surface area contributed by atoms with Gasteiger partial charge in [-0.25, -0.2) is 0 Å². The lowest BCUT2D eigenvalue weighted by atomic mass is 9.99. The summed E-state index contributed by atoms with van der Waals surface area (Å²) in [6.45, 7) is 0.654. The average molecular weight is 611 g/mol. The second-order valence-corrected chi connectivity index (χ2v) is 10.2. The number of aliphatic hydroxyl groups is 7. The number of aliphatic hydroxyl groups excluding tert-OH is 7. The van der Waals surface area contributed by atoms with Gasteiger partial charge in [-0.3, -0.25) is 4.79 Å². The number of rotatable bonds is 6.